The number of pyridine rings is 1. The summed E-state index contributed by atoms with van der Waals surface area (Å²) in [4.78, 5) is 20.4. The van der Waals surface area contributed by atoms with Crippen molar-refractivity contribution in [2.45, 2.75) is 22.1 Å². The van der Waals surface area contributed by atoms with Crippen LogP contribution in [0.5, 0.6) is 0 Å². The highest BCUT2D eigenvalue weighted by atomic mass is 32.2. The van der Waals surface area contributed by atoms with E-state index in [4.69, 9.17) is 16.6 Å². The number of benzene rings is 2. The number of carbonyl (C=O) groups is 1. The van der Waals surface area contributed by atoms with E-state index in [0.29, 0.717) is 10.9 Å². The second-order valence-corrected chi connectivity index (χ2v) is 9.21. The molecular weight excluding hydrogens is 464 g/mol. The van der Waals surface area contributed by atoms with E-state index in [9.17, 15) is 4.79 Å². The predicted octanol–water partition coefficient (Wildman–Crippen LogP) is 5.44. The zero-order chi connectivity index (χ0) is 23.3. The number of amides is 1. The molecule has 1 aliphatic heterocycles. The van der Waals surface area contributed by atoms with E-state index in [1.165, 1.54) is 0 Å². The second kappa shape index (κ2) is 10.1. The quantitative estimate of drug-likeness (QED) is 0.337. The van der Waals surface area contributed by atoms with Crippen molar-refractivity contribution in [3.63, 3.8) is 0 Å². The molecule has 0 spiro atoms. The molecule has 1 aliphatic rings. The van der Waals surface area contributed by atoms with Gasteiger partial charge in [0.2, 0.25) is 5.91 Å². The lowest BCUT2D eigenvalue weighted by Crippen LogP contribution is -2.36. The first-order valence-corrected chi connectivity index (χ1v) is 12.1. The van der Waals surface area contributed by atoms with E-state index in [0.717, 1.165) is 21.4 Å². The van der Waals surface area contributed by atoms with Crippen LogP contribution in [0.25, 0.3) is 0 Å². The van der Waals surface area contributed by atoms with E-state index in [1.807, 2.05) is 95.9 Å². The zero-order valence-corrected chi connectivity index (χ0v) is 19.8. The summed E-state index contributed by atoms with van der Waals surface area (Å²) in [6, 6.07) is 28.5. The Hall–Kier alpha value is -3.62. The minimum atomic E-state index is -0.325. The van der Waals surface area contributed by atoms with Gasteiger partial charge >= 0.3 is 0 Å². The third kappa shape index (κ3) is 4.98. The Morgan fingerprint density at radius 3 is 2.47 bits per heavy atom. The molecule has 2 atom stereocenters. The monoisotopic (exact) mass is 486 g/mol. The Morgan fingerprint density at radius 2 is 1.74 bits per heavy atom. The molecule has 2 aromatic heterocycles. The zero-order valence-electron chi connectivity index (χ0n) is 18.1. The Kier molecular flexibility index (Phi) is 6.60. The van der Waals surface area contributed by atoms with Gasteiger partial charge in [-0.3, -0.25) is 9.78 Å². The van der Waals surface area contributed by atoms with Crippen LogP contribution in [0.2, 0.25) is 0 Å². The van der Waals surface area contributed by atoms with Gasteiger partial charge in [0.05, 0.1) is 11.7 Å². The highest BCUT2D eigenvalue weighted by Gasteiger charge is 2.42. The second-order valence-electron chi connectivity index (χ2n) is 7.74. The maximum Gasteiger partial charge on any atom is 0.244 e. The Labute approximate surface area is 207 Å². The number of thiocarbonyl (C=S) groups is 1. The van der Waals surface area contributed by atoms with Crippen LogP contribution in [0, 0.1) is 0 Å². The van der Waals surface area contributed by atoms with Crippen LogP contribution in [-0.2, 0) is 4.79 Å². The number of carbonyl (C=O) groups excluding carboxylic acids is 1. The van der Waals surface area contributed by atoms with Crippen molar-refractivity contribution in [2.75, 3.05) is 11.9 Å². The lowest BCUT2D eigenvalue weighted by molar-refractivity contribution is -0.116. The molecule has 5 rings (SSSR count). The molecule has 34 heavy (non-hydrogen) atoms. The Morgan fingerprint density at radius 1 is 1.00 bits per heavy atom. The highest BCUT2D eigenvalue weighted by molar-refractivity contribution is 7.99. The number of hydrogen-bond acceptors (Lipinski definition) is 5. The van der Waals surface area contributed by atoms with Crippen molar-refractivity contribution in [2.24, 2.45) is 0 Å². The van der Waals surface area contributed by atoms with E-state index in [2.05, 4.69) is 15.6 Å². The summed E-state index contributed by atoms with van der Waals surface area (Å²) in [5, 5.41) is 7.54. The normalized spacial score (nSPS) is 17.4. The fourth-order valence-electron chi connectivity index (χ4n) is 3.91. The molecule has 0 aliphatic carbocycles. The topological polar surface area (TPSA) is 70.4 Å². The maximum absolute atomic E-state index is 12.9. The van der Waals surface area contributed by atoms with Gasteiger partial charge < -0.3 is 20.0 Å². The van der Waals surface area contributed by atoms with Gasteiger partial charge in [0.25, 0.3) is 0 Å². The molecule has 8 heteroatoms. The number of rotatable bonds is 7. The number of nitrogens with one attached hydrogen (secondary N) is 2. The first-order chi connectivity index (χ1) is 16.7. The van der Waals surface area contributed by atoms with Crippen LogP contribution in [0.4, 0.5) is 5.69 Å². The van der Waals surface area contributed by atoms with Gasteiger partial charge in [0.1, 0.15) is 18.3 Å². The van der Waals surface area contributed by atoms with Crippen molar-refractivity contribution in [1.82, 2.24) is 15.2 Å². The van der Waals surface area contributed by atoms with Gasteiger partial charge in [-0.1, -0.05) is 54.2 Å². The highest BCUT2D eigenvalue weighted by Crippen LogP contribution is 2.41. The molecule has 6 nitrogen and oxygen atoms in total. The molecule has 0 saturated carbocycles. The maximum atomic E-state index is 12.9. The summed E-state index contributed by atoms with van der Waals surface area (Å²) < 4.78 is 6.26. The molecule has 1 fully saturated rings. The van der Waals surface area contributed by atoms with Crippen molar-refractivity contribution in [1.29, 1.82) is 0 Å². The summed E-state index contributed by atoms with van der Waals surface area (Å²) in [5.74, 6) is 0.557. The van der Waals surface area contributed by atoms with E-state index in [1.54, 1.807) is 18.0 Å². The van der Waals surface area contributed by atoms with Gasteiger partial charge in [-0.15, -0.1) is 0 Å². The lowest BCUT2D eigenvalue weighted by Gasteiger charge is -2.25. The number of hydrogen-bond donors (Lipinski definition) is 2. The minimum Gasteiger partial charge on any atom is -0.452 e. The van der Waals surface area contributed by atoms with Gasteiger partial charge in [-0.25, -0.2) is 0 Å². The SMILES string of the molecule is O=C(CN1C(=S)N[C@@H](c2ccccn2)[C@@H]1c1ccc(Sc2ccccc2)o1)Nc1ccccc1. The Balaban J connectivity index is 1.42. The van der Waals surface area contributed by atoms with E-state index in [-0.39, 0.29) is 24.5 Å². The van der Waals surface area contributed by atoms with Gasteiger partial charge in [-0.05, 0) is 60.7 Å². The molecule has 0 radical (unpaired) electrons. The van der Waals surface area contributed by atoms with Crippen LogP contribution in [0.1, 0.15) is 23.5 Å². The molecule has 170 valence electrons. The molecule has 2 N–H and O–H groups in total. The summed E-state index contributed by atoms with van der Waals surface area (Å²) in [7, 11) is 0. The molecule has 2 aromatic carbocycles. The largest absolute Gasteiger partial charge is 0.452 e. The first-order valence-electron chi connectivity index (χ1n) is 10.8. The Bertz CT molecular complexity index is 1270. The lowest BCUT2D eigenvalue weighted by atomic mass is 10.0. The average molecular weight is 487 g/mol. The number of anilines is 1. The van der Waals surface area contributed by atoms with Gasteiger partial charge in [-0.2, -0.15) is 0 Å². The van der Waals surface area contributed by atoms with Crippen LogP contribution in [0.15, 0.2) is 112 Å². The predicted molar refractivity (Wildman–Crippen MR) is 137 cm³/mol. The van der Waals surface area contributed by atoms with Crippen molar-refractivity contribution >= 4 is 40.7 Å². The van der Waals surface area contributed by atoms with Crippen molar-refractivity contribution in [3.05, 3.63) is 109 Å². The van der Waals surface area contributed by atoms with Gasteiger partial charge in [0.15, 0.2) is 10.2 Å². The molecule has 3 heterocycles. The van der Waals surface area contributed by atoms with Crippen LogP contribution < -0.4 is 10.6 Å². The fraction of sp³-hybridized carbons (Fsp3) is 0.115. The summed E-state index contributed by atoms with van der Waals surface area (Å²) in [6.45, 7) is 0.0799. The molecule has 1 amide bonds. The fourth-order valence-corrected chi connectivity index (χ4v) is 5.02. The average Bonchev–Trinajstić information content (AvgIpc) is 3.45. The molecule has 1 saturated heterocycles. The van der Waals surface area contributed by atoms with Crippen LogP contribution in [-0.4, -0.2) is 27.4 Å². The molecule has 0 unspecified atom stereocenters. The summed E-state index contributed by atoms with van der Waals surface area (Å²) in [6.07, 6.45) is 1.75. The smallest absolute Gasteiger partial charge is 0.244 e. The van der Waals surface area contributed by atoms with Crippen molar-refractivity contribution in [3.8, 4) is 0 Å². The van der Waals surface area contributed by atoms with Gasteiger partial charge in [0, 0.05) is 16.8 Å². The molecular formula is C26H22N4O2S2. The number of nitrogens with zero attached hydrogens (tertiary/aromatic N) is 2. The third-order valence-electron chi connectivity index (χ3n) is 5.42. The first kappa shape index (κ1) is 22.2. The number of aromatic nitrogens is 1. The third-order valence-corrected chi connectivity index (χ3v) is 6.71. The molecule has 0 bridgehead atoms. The number of furan rings is 1. The van der Waals surface area contributed by atoms with Crippen molar-refractivity contribution < 1.29 is 9.21 Å². The van der Waals surface area contributed by atoms with E-state index >= 15 is 0 Å². The standard InChI is InChI=1S/C26H22N4O2S2/c31-22(28-18-9-3-1-4-10-18)17-30-25(24(29-26(30)33)20-13-7-8-16-27-20)21-14-15-23(32-21)34-19-11-5-2-6-12-19/h1-16,24-25H,17H2,(H,28,31)(H,29,33)/t24-,25-/m0/s1. The van der Waals surface area contributed by atoms with Crippen LogP contribution in [0.3, 0.4) is 0 Å². The minimum absolute atomic E-state index is 0.0799. The molecule has 4 aromatic rings. The van der Waals surface area contributed by atoms with E-state index < -0.39 is 0 Å². The summed E-state index contributed by atoms with van der Waals surface area (Å²) >= 11 is 7.20. The summed E-state index contributed by atoms with van der Waals surface area (Å²) in [5.41, 5.74) is 1.57. The van der Waals surface area contributed by atoms with Crippen LogP contribution >= 0.6 is 24.0 Å². The number of para-hydroxylation sites is 1.